The number of amides is 1. The van der Waals surface area contributed by atoms with Gasteiger partial charge in [-0.3, -0.25) is 14.9 Å². The summed E-state index contributed by atoms with van der Waals surface area (Å²) in [5.74, 6) is -0.370. The van der Waals surface area contributed by atoms with Gasteiger partial charge in [-0.15, -0.1) is 0 Å². The van der Waals surface area contributed by atoms with E-state index < -0.39 is 4.92 Å². The molecule has 1 aromatic carbocycles. The fourth-order valence-corrected chi connectivity index (χ4v) is 2.20. The number of aliphatic hydroxyl groups excluding tert-OH is 1. The van der Waals surface area contributed by atoms with Crippen LogP contribution in [0.4, 0.5) is 5.69 Å². The molecule has 1 aliphatic rings. The quantitative estimate of drug-likeness (QED) is 0.660. The smallest absolute Gasteiger partial charge is 0.288 e. The topological polar surface area (TPSA) is 83.7 Å². The zero-order chi connectivity index (χ0) is 14.0. The largest absolute Gasteiger partial charge is 0.395 e. The number of carbonyl (C=O) groups is 1. The standard InChI is InChI=1S/C12H13ClN2O4/c13-11-9(2-1-3-10(11)15(18)19)12(17)14(6-7-16)8-4-5-8/h1-3,8,16H,4-7H2. The molecule has 2 rings (SSSR count). The average Bonchev–Trinajstić information content (AvgIpc) is 3.19. The van der Waals surface area contributed by atoms with Crippen LogP contribution in [0, 0.1) is 10.1 Å². The highest BCUT2D eigenvalue weighted by molar-refractivity contribution is 6.35. The number of aliphatic hydroxyl groups is 1. The second-order valence-electron chi connectivity index (χ2n) is 4.35. The highest BCUT2D eigenvalue weighted by atomic mass is 35.5. The number of hydrogen-bond donors (Lipinski definition) is 1. The Morgan fingerprint density at radius 3 is 2.74 bits per heavy atom. The van der Waals surface area contributed by atoms with E-state index in [1.54, 1.807) is 0 Å². The van der Waals surface area contributed by atoms with Crippen LogP contribution < -0.4 is 0 Å². The van der Waals surface area contributed by atoms with Crippen LogP contribution in [0.2, 0.25) is 5.02 Å². The molecule has 0 unspecified atom stereocenters. The maximum atomic E-state index is 12.3. The summed E-state index contributed by atoms with van der Waals surface area (Å²) in [7, 11) is 0. The first-order valence-corrected chi connectivity index (χ1v) is 6.28. The van der Waals surface area contributed by atoms with Crippen LogP contribution in [-0.2, 0) is 0 Å². The van der Waals surface area contributed by atoms with E-state index >= 15 is 0 Å². The number of benzene rings is 1. The zero-order valence-electron chi connectivity index (χ0n) is 10.1. The Morgan fingerprint density at radius 2 is 2.21 bits per heavy atom. The molecule has 0 bridgehead atoms. The molecule has 1 N–H and O–H groups in total. The summed E-state index contributed by atoms with van der Waals surface area (Å²) in [6.45, 7) is 0.0668. The van der Waals surface area contributed by atoms with Gasteiger partial charge in [0.15, 0.2) is 0 Å². The minimum Gasteiger partial charge on any atom is -0.395 e. The minimum atomic E-state index is -0.618. The molecule has 7 heteroatoms. The van der Waals surface area contributed by atoms with E-state index in [-0.39, 0.29) is 41.4 Å². The summed E-state index contributed by atoms with van der Waals surface area (Å²) in [5.41, 5.74) is -0.177. The molecule has 1 aliphatic carbocycles. The van der Waals surface area contributed by atoms with Crippen molar-refractivity contribution in [3.63, 3.8) is 0 Å². The van der Waals surface area contributed by atoms with Crippen LogP contribution in [0.5, 0.6) is 0 Å². The van der Waals surface area contributed by atoms with Crippen LogP contribution in [0.15, 0.2) is 18.2 Å². The molecule has 1 saturated carbocycles. The predicted molar refractivity (Wildman–Crippen MR) is 69.3 cm³/mol. The summed E-state index contributed by atoms with van der Waals surface area (Å²) in [4.78, 5) is 24.0. The molecule has 0 aromatic heterocycles. The molecule has 6 nitrogen and oxygen atoms in total. The molecular weight excluding hydrogens is 272 g/mol. The SMILES string of the molecule is O=C(c1cccc([N+](=O)[O-])c1Cl)N(CCO)C1CC1. The number of nitrogens with zero attached hydrogens (tertiary/aromatic N) is 2. The lowest BCUT2D eigenvalue weighted by Gasteiger charge is -2.21. The normalized spacial score (nSPS) is 14.2. The fraction of sp³-hybridized carbons (Fsp3) is 0.417. The van der Waals surface area contributed by atoms with Gasteiger partial charge in [-0.25, -0.2) is 0 Å². The Labute approximate surface area is 114 Å². The number of nitro benzene ring substituents is 1. The van der Waals surface area contributed by atoms with Crippen molar-refractivity contribution in [1.29, 1.82) is 0 Å². The lowest BCUT2D eigenvalue weighted by atomic mass is 10.1. The van der Waals surface area contributed by atoms with Gasteiger partial charge >= 0.3 is 0 Å². The van der Waals surface area contributed by atoms with E-state index in [1.807, 2.05) is 0 Å². The van der Waals surface area contributed by atoms with Crippen molar-refractivity contribution in [2.45, 2.75) is 18.9 Å². The molecule has 0 aliphatic heterocycles. The first-order valence-electron chi connectivity index (χ1n) is 5.91. The van der Waals surface area contributed by atoms with E-state index in [0.29, 0.717) is 0 Å². The summed E-state index contributed by atoms with van der Waals surface area (Å²) in [6, 6.07) is 4.26. The van der Waals surface area contributed by atoms with Crippen LogP contribution in [0.3, 0.4) is 0 Å². The fourth-order valence-electron chi connectivity index (χ4n) is 1.92. The number of carbonyl (C=O) groups excluding carboxylic acids is 1. The molecule has 0 heterocycles. The van der Waals surface area contributed by atoms with Crippen LogP contribution >= 0.6 is 11.6 Å². The van der Waals surface area contributed by atoms with Crippen molar-refractivity contribution in [3.8, 4) is 0 Å². The molecule has 1 fully saturated rings. The molecule has 102 valence electrons. The highest BCUT2D eigenvalue weighted by Crippen LogP contribution is 2.32. The van der Waals surface area contributed by atoms with Crippen molar-refractivity contribution >= 4 is 23.2 Å². The van der Waals surface area contributed by atoms with Crippen molar-refractivity contribution in [1.82, 2.24) is 4.90 Å². The van der Waals surface area contributed by atoms with E-state index in [9.17, 15) is 14.9 Å². The lowest BCUT2D eigenvalue weighted by molar-refractivity contribution is -0.384. The van der Waals surface area contributed by atoms with Crippen LogP contribution in [-0.4, -0.2) is 40.0 Å². The van der Waals surface area contributed by atoms with Gasteiger partial charge in [-0.2, -0.15) is 0 Å². The second-order valence-corrected chi connectivity index (χ2v) is 4.73. The molecule has 1 aromatic rings. The maximum Gasteiger partial charge on any atom is 0.288 e. The number of rotatable bonds is 5. The van der Waals surface area contributed by atoms with Gasteiger partial charge in [-0.05, 0) is 18.9 Å². The first kappa shape index (κ1) is 13.8. The Bertz CT molecular complexity index is 516. The van der Waals surface area contributed by atoms with Crippen molar-refractivity contribution < 1.29 is 14.8 Å². The third kappa shape index (κ3) is 2.85. The Morgan fingerprint density at radius 1 is 1.53 bits per heavy atom. The van der Waals surface area contributed by atoms with Crippen molar-refractivity contribution in [2.75, 3.05) is 13.2 Å². The maximum absolute atomic E-state index is 12.3. The average molecular weight is 285 g/mol. The van der Waals surface area contributed by atoms with Gasteiger partial charge in [-0.1, -0.05) is 17.7 Å². The van der Waals surface area contributed by atoms with Crippen molar-refractivity contribution in [3.05, 3.63) is 38.9 Å². The highest BCUT2D eigenvalue weighted by Gasteiger charge is 2.34. The van der Waals surface area contributed by atoms with Gasteiger partial charge in [0.05, 0.1) is 17.1 Å². The number of nitro groups is 1. The Kier molecular flexibility index (Phi) is 4.01. The third-order valence-electron chi connectivity index (χ3n) is 2.99. The van der Waals surface area contributed by atoms with E-state index in [4.69, 9.17) is 16.7 Å². The zero-order valence-corrected chi connectivity index (χ0v) is 10.8. The molecular formula is C12H13ClN2O4. The molecule has 1 amide bonds. The van der Waals surface area contributed by atoms with Crippen LogP contribution in [0.25, 0.3) is 0 Å². The second kappa shape index (κ2) is 5.54. The van der Waals surface area contributed by atoms with Gasteiger partial charge in [0.25, 0.3) is 11.6 Å². The molecule has 0 saturated heterocycles. The van der Waals surface area contributed by atoms with Gasteiger partial charge in [0.1, 0.15) is 5.02 Å². The van der Waals surface area contributed by atoms with Crippen LogP contribution in [0.1, 0.15) is 23.2 Å². The summed E-state index contributed by atoms with van der Waals surface area (Å²) in [5, 5.41) is 19.6. The van der Waals surface area contributed by atoms with Gasteiger partial charge in [0.2, 0.25) is 0 Å². The number of hydrogen-bond acceptors (Lipinski definition) is 4. The lowest BCUT2D eigenvalue weighted by Crippen LogP contribution is -2.35. The van der Waals surface area contributed by atoms with Gasteiger partial charge < -0.3 is 10.0 Å². The Hall–Kier alpha value is -1.66. The number of halogens is 1. The summed E-state index contributed by atoms with van der Waals surface area (Å²) in [6.07, 6.45) is 1.77. The van der Waals surface area contributed by atoms with Crippen molar-refractivity contribution in [2.24, 2.45) is 0 Å². The molecule has 0 radical (unpaired) electrons. The molecule has 19 heavy (non-hydrogen) atoms. The summed E-state index contributed by atoms with van der Waals surface area (Å²) >= 11 is 5.92. The monoisotopic (exact) mass is 284 g/mol. The minimum absolute atomic E-state index is 0.106. The van der Waals surface area contributed by atoms with E-state index in [0.717, 1.165) is 12.8 Å². The predicted octanol–water partition coefficient (Wildman–Crippen LogP) is 1.85. The van der Waals surface area contributed by atoms with Gasteiger partial charge in [0, 0.05) is 18.7 Å². The third-order valence-corrected chi connectivity index (χ3v) is 3.39. The molecule has 0 atom stereocenters. The van der Waals surface area contributed by atoms with E-state index in [2.05, 4.69) is 0 Å². The first-order chi connectivity index (χ1) is 9.06. The Balaban J connectivity index is 2.32. The summed E-state index contributed by atoms with van der Waals surface area (Å²) < 4.78 is 0. The molecule has 0 spiro atoms. The van der Waals surface area contributed by atoms with E-state index in [1.165, 1.54) is 23.1 Å².